The molecule has 0 unspecified atom stereocenters. The topological polar surface area (TPSA) is 96.9 Å². The Labute approximate surface area is 99.1 Å². The highest BCUT2D eigenvalue weighted by Gasteiger charge is 2.11. The molecule has 6 heteroatoms. The van der Waals surface area contributed by atoms with Gasteiger partial charge in [0, 0.05) is 0 Å². The zero-order chi connectivity index (χ0) is 12.7. The first-order valence-electron chi connectivity index (χ1n) is 5.08. The van der Waals surface area contributed by atoms with Gasteiger partial charge >= 0.3 is 6.09 Å². The van der Waals surface area contributed by atoms with E-state index >= 15 is 0 Å². The van der Waals surface area contributed by atoms with Gasteiger partial charge in [-0.25, -0.2) is 4.79 Å². The average Bonchev–Trinajstić information content (AvgIpc) is 2.36. The number of hydrogen-bond acceptors (Lipinski definition) is 4. The number of oxime groups is 1. The molecular weight excluding hydrogens is 222 g/mol. The Kier molecular flexibility index (Phi) is 4.80. The van der Waals surface area contributed by atoms with Crippen LogP contribution in [0.4, 0.5) is 4.79 Å². The van der Waals surface area contributed by atoms with Gasteiger partial charge in [-0.3, -0.25) is 0 Å². The third-order valence-electron chi connectivity index (χ3n) is 2.11. The summed E-state index contributed by atoms with van der Waals surface area (Å²) in [5.74, 6) is -0.0818. The maximum atomic E-state index is 11.3. The molecule has 6 nitrogen and oxygen atoms in total. The van der Waals surface area contributed by atoms with E-state index in [9.17, 15) is 4.79 Å². The molecule has 0 radical (unpaired) electrons. The molecule has 0 aliphatic carbocycles. The van der Waals surface area contributed by atoms with Gasteiger partial charge in [0.2, 0.25) is 0 Å². The number of nitrogens with two attached hydrogens (primary N) is 1. The lowest BCUT2D eigenvalue weighted by Gasteiger charge is -2.12. The van der Waals surface area contributed by atoms with Crippen LogP contribution in [0.1, 0.15) is 12.5 Å². The summed E-state index contributed by atoms with van der Waals surface area (Å²) in [6.45, 7) is 1.76. The molecule has 0 saturated heterocycles. The fourth-order valence-corrected chi connectivity index (χ4v) is 1.10. The fraction of sp³-hybridized carbons (Fsp3) is 0.273. The van der Waals surface area contributed by atoms with Crippen molar-refractivity contribution in [3.8, 4) is 0 Å². The van der Waals surface area contributed by atoms with E-state index in [0.29, 0.717) is 0 Å². The summed E-state index contributed by atoms with van der Waals surface area (Å²) in [7, 11) is 0. The number of carbonyl (C=O) groups excluding carboxylic acids is 1. The van der Waals surface area contributed by atoms with Crippen LogP contribution in [0.3, 0.4) is 0 Å². The third-order valence-corrected chi connectivity index (χ3v) is 2.11. The monoisotopic (exact) mass is 237 g/mol. The minimum absolute atomic E-state index is 0.0818. The predicted molar refractivity (Wildman–Crippen MR) is 62.6 cm³/mol. The molecule has 17 heavy (non-hydrogen) atoms. The molecule has 0 bridgehead atoms. The van der Waals surface area contributed by atoms with Crippen LogP contribution in [-0.2, 0) is 11.3 Å². The highest BCUT2D eigenvalue weighted by Crippen LogP contribution is 2.00. The van der Waals surface area contributed by atoms with Crippen molar-refractivity contribution in [2.45, 2.75) is 19.6 Å². The van der Waals surface area contributed by atoms with Gasteiger partial charge in [-0.15, -0.1) is 0 Å². The van der Waals surface area contributed by atoms with Crippen LogP contribution in [-0.4, -0.2) is 23.2 Å². The number of rotatable bonds is 4. The number of hydrogen-bond donors (Lipinski definition) is 3. The molecule has 92 valence electrons. The van der Waals surface area contributed by atoms with E-state index < -0.39 is 12.1 Å². The zero-order valence-electron chi connectivity index (χ0n) is 9.46. The molecular formula is C11H15N3O3. The van der Waals surface area contributed by atoms with Gasteiger partial charge in [0.05, 0.1) is 6.04 Å². The smallest absolute Gasteiger partial charge is 0.408 e. The number of amides is 1. The van der Waals surface area contributed by atoms with E-state index in [1.807, 2.05) is 30.3 Å². The molecule has 0 aromatic heterocycles. The van der Waals surface area contributed by atoms with E-state index in [1.165, 1.54) is 0 Å². The quantitative estimate of drug-likeness (QED) is 0.315. The summed E-state index contributed by atoms with van der Waals surface area (Å²) in [6.07, 6.45) is -0.618. The van der Waals surface area contributed by atoms with Crippen LogP contribution in [0.15, 0.2) is 35.5 Å². The average molecular weight is 237 g/mol. The largest absolute Gasteiger partial charge is 0.445 e. The summed E-state index contributed by atoms with van der Waals surface area (Å²) < 4.78 is 4.95. The molecule has 1 aromatic rings. The SMILES string of the molecule is C[C@H](NC(=O)OCc1ccccc1)/C(N)=N/O. The Balaban J connectivity index is 2.36. The van der Waals surface area contributed by atoms with Gasteiger partial charge in [0.25, 0.3) is 0 Å². The van der Waals surface area contributed by atoms with Crippen molar-refractivity contribution in [3.63, 3.8) is 0 Å². The summed E-state index contributed by atoms with van der Waals surface area (Å²) in [4.78, 5) is 11.3. The van der Waals surface area contributed by atoms with E-state index in [0.717, 1.165) is 5.56 Å². The van der Waals surface area contributed by atoms with Crippen molar-refractivity contribution in [2.24, 2.45) is 10.9 Å². The molecule has 1 rings (SSSR count). The van der Waals surface area contributed by atoms with Crippen LogP contribution in [0, 0.1) is 0 Å². The Morgan fingerprint density at radius 1 is 1.53 bits per heavy atom. The van der Waals surface area contributed by atoms with Gasteiger partial charge in [-0.1, -0.05) is 35.5 Å². The number of carbonyl (C=O) groups is 1. The van der Waals surface area contributed by atoms with Crippen LogP contribution in [0.25, 0.3) is 0 Å². The third kappa shape index (κ3) is 4.42. The van der Waals surface area contributed by atoms with Crippen LogP contribution in [0.5, 0.6) is 0 Å². The van der Waals surface area contributed by atoms with Crippen molar-refractivity contribution in [3.05, 3.63) is 35.9 Å². The number of ether oxygens (including phenoxy) is 1. The number of nitrogens with one attached hydrogen (secondary N) is 1. The lowest BCUT2D eigenvalue weighted by atomic mass is 10.2. The minimum atomic E-state index is -0.618. The standard InChI is InChI=1S/C11H15N3O3/c1-8(10(12)14-16)13-11(15)17-7-9-5-3-2-4-6-9/h2-6,8,16H,7H2,1H3,(H2,12,14)(H,13,15)/t8-/m0/s1. The molecule has 4 N–H and O–H groups in total. The van der Waals surface area contributed by atoms with Crippen LogP contribution >= 0.6 is 0 Å². The lowest BCUT2D eigenvalue weighted by Crippen LogP contribution is -2.42. The van der Waals surface area contributed by atoms with Crippen molar-refractivity contribution >= 4 is 11.9 Å². The molecule has 0 saturated carbocycles. The van der Waals surface area contributed by atoms with Gasteiger partial charge in [0.1, 0.15) is 6.61 Å². The minimum Gasteiger partial charge on any atom is -0.445 e. The maximum Gasteiger partial charge on any atom is 0.408 e. The van der Waals surface area contributed by atoms with Crippen molar-refractivity contribution in [2.75, 3.05) is 0 Å². The molecule has 1 aromatic carbocycles. The maximum absolute atomic E-state index is 11.3. The molecule has 1 atom stereocenters. The summed E-state index contributed by atoms with van der Waals surface area (Å²) in [5.41, 5.74) is 6.19. The first-order valence-corrected chi connectivity index (χ1v) is 5.08. The Morgan fingerprint density at radius 3 is 2.76 bits per heavy atom. The highest BCUT2D eigenvalue weighted by molar-refractivity contribution is 5.87. The molecule has 0 aliphatic heterocycles. The first-order chi connectivity index (χ1) is 8.13. The first kappa shape index (κ1) is 12.8. The Morgan fingerprint density at radius 2 is 2.18 bits per heavy atom. The van der Waals surface area contributed by atoms with Crippen LogP contribution in [0.2, 0.25) is 0 Å². The van der Waals surface area contributed by atoms with Gasteiger partial charge in [-0.2, -0.15) is 0 Å². The Bertz CT molecular complexity index is 392. The predicted octanol–water partition coefficient (Wildman–Crippen LogP) is 1.05. The summed E-state index contributed by atoms with van der Waals surface area (Å²) >= 11 is 0. The fourth-order valence-electron chi connectivity index (χ4n) is 1.10. The van der Waals surface area contributed by atoms with E-state index in [-0.39, 0.29) is 12.4 Å². The van der Waals surface area contributed by atoms with Gasteiger partial charge in [-0.05, 0) is 12.5 Å². The second kappa shape index (κ2) is 6.37. The van der Waals surface area contributed by atoms with Crippen molar-refractivity contribution < 1.29 is 14.7 Å². The number of amidine groups is 1. The zero-order valence-corrected chi connectivity index (χ0v) is 9.46. The van der Waals surface area contributed by atoms with E-state index in [1.54, 1.807) is 6.92 Å². The van der Waals surface area contributed by atoms with E-state index in [2.05, 4.69) is 10.5 Å². The molecule has 0 fully saturated rings. The summed E-state index contributed by atoms with van der Waals surface area (Å²) in [6, 6.07) is 8.71. The number of benzene rings is 1. The number of alkyl carbamates (subject to hydrolysis) is 1. The number of nitrogens with zero attached hydrogens (tertiary/aromatic N) is 1. The van der Waals surface area contributed by atoms with Gasteiger partial charge < -0.3 is 21.0 Å². The Hall–Kier alpha value is -2.24. The normalized spacial score (nSPS) is 12.9. The molecule has 0 spiro atoms. The second-order valence-corrected chi connectivity index (χ2v) is 3.45. The highest BCUT2D eigenvalue weighted by atomic mass is 16.5. The van der Waals surface area contributed by atoms with E-state index in [4.69, 9.17) is 15.7 Å². The van der Waals surface area contributed by atoms with Gasteiger partial charge in [0.15, 0.2) is 5.84 Å². The van der Waals surface area contributed by atoms with Crippen molar-refractivity contribution in [1.29, 1.82) is 0 Å². The second-order valence-electron chi connectivity index (χ2n) is 3.45. The molecule has 0 aliphatic rings. The van der Waals surface area contributed by atoms with Crippen molar-refractivity contribution in [1.82, 2.24) is 5.32 Å². The molecule has 1 amide bonds. The molecule has 0 heterocycles. The lowest BCUT2D eigenvalue weighted by molar-refractivity contribution is 0.138. The van der Waals surface area contributed by atoms with Crippen LogP contribution < -0.4 is 11.1 Å². The summed E-state index contributed by atoms with van der Waals surface area (Å²) in [5, 5.41) is 13.6.